The van der Waals surface area contributed by atoms with E-state index in [1.54, 1.807) is 7.05 Å². The summed E-state index contributed by atoms with van der Waals surface area (Å²) in [7, 11) is 1.70. The van der Waals surface area contributed by atoms with Gasteiger partial charge in [-0.05, 0) is 57.0 Å². The Morgan fingerprint density at radius 2 is 2.12 bits per heavy atom. The Bertz CT molecular complexity index is 597. The highest BCUT2D eigenvalue weighted by Crippen LogP contribution is 2.21. The minimum atomic E-state index is -0.173. The van der Waals surface area contributed by atoms with E-state index in [-0.39, 0.29) is 36.7 Å². The summed E-state index contributed by atoms with van der Waals surface area (Å²) < 4.78 is 0.973. The number of likely N-dealkylation sites (N-methyl/N-ethyl adjacent to an activating group) is 1. The number of anilines is 1. The second kappa shape index (κ2) is 9.39. The molecule has 0 saturated carbocycles. The van der Waals surface area contributed by atoms with Gasteiger partial charge in [-0.3, -0.25) is 9.59 Å². The highest BCUT2D eigenvalue weighted by molar-refractivity contribution is 9.10. The van der Waals surface area contributed by atoms with Crippen LogP contribution in [0.3, 0.4) is 0 Å². The van der Waals surface area contributed by atoms with Crippen LogP contribution in [0.1, 0.15) is 25.3 Å². The highest BCUT2D eigenvalue weighted by atomic mass is 79.9. The maximum absolute atomic E-state index is 12.5. The van der Waals surface area contributed by atoms with Crippen molar-refractivity contribution in [2.75, 3.05) is 25.5 Å². The van der Waals surface area contributed by atoms with E-state index in [2.05, 4.69) is 33.5 Å². The number of carbonyl (C=O) groups excluding carboxylic acids is 2. The Balaban J connectivity index is 0.00000288. The number of aryl methyl sites for hydroxylation is 1. The molecular formula is C17H25BrClN3O2. The second-order valence-corrected chi connectivity index (χ2v) is 7.19. The van der Waals surface area contributed by atoms with Gasteiger partial charge in [0.05, 0.1) is 6.54 Å². The Hall–Kier alpha value is -1.11. The largest absolute Gasteiger partial charge is 0.336 e. The zero-order chi connectivity index (χ0) is 17.0. The summed E-state index contributed by atoms with van der Waals surface area (Å²) in [5, 5.41) is 6.20. The van der Waals surface area contributed by atoms with Crippen molar-refractivity contribution in [2.45, 2.75) is 32.7 Å². The SMILES string of the molecule is Cc1cc(Br)ccc1NC(=O)CN(C)C(=O)[C@H]1CCN[C@@H](C)C1.Cl. The molecule has 1 saturated heterocycles. The number of nitrogens with zero attached hydrogens (tertiary/aromatic N) is 1. The van der Waals surface area contributed by atoms with E-state index in [0.717, 1.165) is 35.1 Å². The number of hydrogen-bond acceptors (Lipinski definition) is 3. The van der Waals surface area contributed by atoms with Crippen molar-refractivity contribution in [2.24, 2.45) is 5.92 Å². The maximum atomic E-state index is 12.5. The van der Waals surface area contributed by atoms with E-state index in [4.69, 9.17) is 0 Å². The number of carbonyl (C=O) groups is 2. The van der Waals surface area contributed by atoms with Gasteiger partial charge in [0.2, 0.25) is 11.8 Å². The third kappa shape index (κ3) is 5.76. The van der Waals surface area contributed by atoms with Crippen molar-refractivity contribution < 1.29 is 9.59 Å². The lowest BCUT2D eigenvalue weighted by atomic mass is 9.92. The second-order valence-electron chi connectivity index (χ2n) is 6.28. The quantitative estimate of drug-likeness (QED) is 0.790. The van der Waals surface area contributed by atoms with Crippen LogP contribution in [-0.4, -0.2) is 42.9 Å². The van der Waals surface area contributed by atoms with Gasteiger partial charge in [-0.1, -0.05) is 15.9 Å². The van der Waals surface area contributed by atoms with Crippen molar-refractivity contribution >= 4 is 45.8 Å². The molecule has 1 aliphatic heterocycles. The molecule has 24 heavy (non-hydrogen) atoms. The van der Waals surface area contributed by atoms with Crippen molar-refractivity contribution in [3.05, 3.63) is 28.2 Å². The molecule has 0 bridgehead atoms. The average molecular weight is 419 g/mol. The third-order valence-corrected chi connectivity index (χ3v) is 4.69. The molecule has 0 radical (unpaired) electrons. The number of piperidine rings is 1. The summed E-state index contributed by atoms with van der Waals surface area (Å²) in [6.45, 7) is 4.95. The Labute approximate surface area is 158 Å². The molecule has 134 valence electrons. The fraction of sp³-hybridized carbons (Fsp3) is 0.529. The van der Waals surface area contributed by atoms with Crippen LogP contribution in [0.4, 0.5) is 5.69 Å². The molecule has 0 aliphatic carbocycles. The third-order valence-electron chi connectivity index (χ3n) is 4.19. The number of nitrogens with one attached hydrogen (secondary N) is 2. The van der Waals surface area contributed by atoms with Crippen molar-refractivity contribution in [1.82, 2.24) is 10.2 Å². The lowest BCUT2D eigenvalue weighted by Gasteiger charge is -2.30. The van der Waals surface area contributed by atoms with Crippen LogP contribution in [0.2, 0.25) is 0 Å². The van der Waals surface area contributed by atoms with Gasteiger partial charge in [-0.25, -0.2) is 0 Å². The normalized spacial score (nSPS) is 20.0. The first-order chi connectivity index (χ1) is 10.9. The van der Waals surface area contributed by atoms with Crippen LogP contribution in [0.25, 0.3) is 0 Å². The number of halogens is 2. The molecule has 1 heterocycles. The molecule has 0 spiro atoms. The maximum Gasteiger partial charge on any atom is 0.243 e. The van der Waals surface area contributed by atoms with Crippen LogP contribution >= 0.6 is 28.3 Å². The van der Waals surface area contributed by atoms with Crippen LogP contribution < -0.4 is 10.6 Å². The van der Waals surface area contributed by atoms with Gasteiger partial charge >= 0.3 is 0 Å². The van der Waals surface area contributed by atoms with Gasteiger partial charge in [0.15, 0.2) is 0 Å². The first-order valence-electron chi connectivity index (χ1n) is 7.91. The Kier molecular flexibility index (Phi) is 8.19. The minimum Gasteiger partial charge on any atom is -0.336 e. The highest BCUT2D eigenvalue weighted by Gasteiger charge is 2.27. The predicted octanol–water partition coefficient (Wildman–Crippen LogP) is 2.96. The summed E-state index contributed by atoms with van der Waals surface area (Å²) in [6, 6.07) is 6.04. The fourth-order valence-corrected chi connectivity index (χ4v) is 3.39. The average Bonchev–Trinajstić information content (AvgIpc) is 2.49. The molecule has 1 aliphatic rings. The lowest BCUT2D eigenvalue weighted by Crippen LogP contribution is -2.44. The molecule has 2 rings (SSSR count). The molecule has 2 amide bonds. The molecule has 1 aromatic carbocycles. The van der Waals surface area contributed by atoms with Gasteiger partial charge in [-0.15, -0.1) is 12.4 Å². The first-order valence-corrected chi connectivity index (χ1v) is 8.70. The summed E-state index contributed by atoms with van der Waals surface area (Å²) >= 11 is 3.40. The van der Waals surface area contributed by atoms with Gasteiger partial charge in [0.25, 0.3) is 0 Å². The topological polar surface area (TPSA) is 61.4 Å². The van der Waals surface area contributed by atoms with Crippen molar-refractivity contribution in [1.29, 1.82) is 0 Å². The van der Waals surface area contributed by atoms with E-state index in [0.29, 0.717) is 6.04 Å². The van der Waals surface area contributed by atoms with Crippen LogP contribution in [0, 0.1) is 12.8 Å². The van der Waals surface area contributed by atoms with E-state index < -0.39 is 0 Å². The number of amides is 2. The van der Waals surface area contributed by atoms with E-state index in [1.165, 1.54) is 4.90 Å². The number of benzene rings is 1. The molecule has 2 atom stereocenters. The number of rotatable bonds is 4. The van der Waals surface area contributed by atoms with E-state index >= 15 is 0 Å². The van der Waals surface area contributed by atoms with Gasteiger partial charge in [-0.2, -0.15) is 0 Å². The lowest BCUT2D eigenvalue weighted by molar-refractivity contribution is -0.137. The molecule has 1 fully saturated rings. The smallest absolute Gasteiger partial charge is 0.243 e. The van der Waals surface area contributed by atoms with Gasteiger partial charge in [0.1, 0.15) is 0 Å². The fourth-order valence-electron chi connectivity index (χ4n) is 2.92. The summed E-state index contributed by atoms with van der Waals surface area (Å²) in [6.07, 6.45) is 1.66. The minimum absolute atomic E-state index is 0. The van der Waals surface area contributed by atoms with Crippen LogP contribution in [-0.2, 0) is 9.59 Å². The van der Waals surface area contributed by atoms with Crippen LogP contribution in [0.15, 0.2) is 22.7 Å². The molecule has 0 unspecified atom stereocenters. The molecule has 1 aromatic rings. The summed E-state index contributed by atoms with van der Waals surface area (Å²) in [5.74, 6) is -0.104. The zero-order valence-corrected chi connectivity index (χ0v) is 16.7. The predicted molar refractivity (Wildman–Crippen MR) is 103 cm³/mol. The van der Waals surface area contributed by atoms with Gasteiger partial charge in [0, 0.05) is 29.2 Å². The van der Waals surface area contributed by atoms with Crippen molar-refractivity contribution in [3.8, 4) is 0 Å². The summed E-state index contributed by atoms with van der Waals surface area (Å²) in [4.78, 5) is 26.2. The summed E-state index contributed by atoms with van der Waals surface area (Å²) in [5.41, 5.74) is 1.75. The molecule has 5 nitrogen and oxygen atoms in total. The molecule has 2 N–H and O–H groups in total. The molecular weight excluding hydrogens is 394 g/mol. The Morgan fingerprint density at radius 1 is 1.42 bits per heavy atom. The first kappa shape index (κ1) is 20.9. The number of hydrogen-bond donors (Lipinski definition) is 2. The standard InChI is InChI=1S/C17H24BrN3O2.ClH/c1-11-8-14(18)4-5-15(11)20-16(22)10-21(3)17(23)13-6-7-19-12(2)9-13;/h4-5,8,12-13,19H,6-7,9-10H2,1-3H3,(H,20,22);1H/t12-,13-;/m0./s1. The molecule has 7 heteroatoms. The Morgan fingerprint density at radius 3 is 2.75 bits per heavy atom. The van der Waals surface area contributed by atoms with E-state index in [9.17, 15) is 9.59 Å². The zero-order valence-electron chi connectivity index (χ0n) is 14.3. The molecule has 0 aromatic heterocycles. The van der Waals surface area contributed by atoms with E-state index in [1.807, 2.05) is 25.1 Å². The van der Waals surface area contributed by atoms with Crippen LogP contribution in [0.5, 0.6) is 0 Å². The van der Waals surface area contributed by atoms with Crippen molar-refractivity contribution in [3.63, 3.8) is 0 Å². The van der Waals surface area contributed by atoms with Gasteiger partial charge < -0.3 is 15.5 Å². The monoisotopic (exact) mass is 417 g/mol.